The summed E-state index contributed by atoms with van der Waals surface area (Å²) in [6, 6.07) is 0. The monoisotopic (exact) mass is 262 g/mol. The average Bonchev–Trinajstić information content (AvgIpc) is 1.87. The molecule has 0 unspecified atom stereocenters. The molecule has 0 bridgehead atoms. The van der Waals surface area contributed by atoms with E-state index in [4.69, 9.17) is 21.1 Å². The average molecular weight is 262 g/mol. The summed E-state index contributed by atoms with van der Waals surface area (Å²) in [6.07, 6.45) is 0. The molecule has 5 heteroatoms. The van der Waals surface area contributed by atoms with Crippen LogP contribution in [0.25, 0.3) is 0 Å². The zero-order chi connectivity index (χ0) is 6.62. The normalized spacial score (nSPS) is 10.7. The molecule has 0 spiro atoms. The molecule has 0 amide bonds. The first kappa shape index (κ1) is 12.8. The predicted molar refractivity (Wildman–Crippen MR) is 28.2 cm³/mol. The number of nitrogens with two attached hydrogens (primary N) is 1. The third-order valence-electron chi connectivity index (χ3n) is 0.945. The Kier molecular flexibility index (Phi) is 8.49. The van der Waals surface area contributed by atoms with Crippen molar-refractivity contribution in [1.29, 1.82) is 0 Å². The van der Waals surface area contributed by atoms with E-state index < -0.39 is 25.4 Å². The molecule has 0 saturated heterocycles. The van der Waals surface area contributed by atoms with Crippen LogP contribution in [0.1, 0.15) is 0 Å². The van der Waals surface area contributed by atoms with Crippen LogP contribution in [0.15, 0.2) is 0 Å². The summed E-state index contributed by atoms with van der Waals surface area (Å²) in [4.78, 5) is 0. The molecule has 0 saturated carbocycles. The van der Waals surface area contributed by atoms with Crippen LogP contribution in [0.2, 0.25) is 0 Å². The fourth-order valence-electron chi connectivity index (χ4n) is 0.150. The molecule has 9 heavy (non-hydrogen) atoms. The molecule has 0 aliphatic heterocycles. The van der Waals surface area contributed by atoms with Gasteiger partial charge in [-0.15, -0.1) is 0 Å². The van der Waals surface area contributed by atoms with Gasteiger partial charge < -0.3 is 21.1 Å². The maximum atomic E-state index is 8.34. The number of aliphatic hydroxyl groups is 3. The van der Waals surface area contributed by atoms with Crippen LogP contribution in [-0.2, 0) is 0 Å². The Morgan fingerprint density at radius 3 is 1.22 bits per heavy atom. The molecule has 0 aliphatic rings. The van der Waals surface area contributed by atoms with Gasteiger partial charge in [0.2, 0.25) is 0 Å². The minimum absolute atomic E-state index is 0. The van der Waals surface area contributed by atoms with E-state index in [1.54, 1.807) is 0 Å². The molecule has 4 nitrogen and oxygen atoms in total. The summed E-state index contributed by atoms with van der Waals surface area (Å²) in [5.74, 6) is 0. The Morgan fingerprint density at radius 1 is 1.00 bits per heavy atom. The second-order valence-electron chi connectivity index (χ2n) is 1.84. The standard InChI is InChI=1S/C4H11NO3.Pr/c5-4(1-6,2-7)3-8;/h6-8H,1-3,5H2;. The summed E-state index contributed by atoms with van der Waals surface area (Å²) in [7, 11) is 0. The first-order valence-electron chi connectivity index (χ1n) is 2.30. The van der Waals surface area contributed by atoms with Gasteiger partial charge in [-0.1, -0.05) is 0 Å². The van der Waals surface area contributed by atoms with E-state index in [9.17, 15) is 0 Å². The topological polar surface area (TPSA) is 86.7 Å². The minimum Gasteiger partial charge on any atom is -0.394 e. The van der Waals surface area contributed by atoms with Crippen LogP contribution in [0, 0.1) is 41.3 Å². The van der Waals surface area contributed by atoms with Gasteiger partial charge >= 0.3 is 0 Å². The van der Waals surface area contributed by atoms with Crippen molar-refractivity contribution in [2.45, 2.75) is 5.54 Å². The molecule has 0 aromatic carbocycles. The van der Waals surface area contributed by atoms with Gasteiger partial charge in [-0.05, 0) is 0 Å². The Balaban J connectivity index is 0. The third kappa shape index (κ3) is 4.59. The molecule has 5 N–H and O–H groups in total. The maximum absolute atomic E-state index is 8.34. The Hall–Kier alpha value is 1.20. The number of aliphatic hydroxyl groups excluding tert-OH is 3. The van der Waals surface area contributed by atoms with E-state index in [-0.39, 0.29) is 41.3 Å². The van der Waals surface area contributed by atoms with E-state index in [0.29, 0.717) is 0 Å². The summed E-state index contributed by atoms with van der Waals surface area (Å²) in [5, 5.41) is 25.0. The maximum Gasteiger partial charge on any atom is 0.0856 e. The van der Waals surface area contributed by atoms with Gasteiger partial charge in [0.15, 0.2) is 0 Å². The van der Waals surface area contributed by atoms with Crippen molar-refractivity contribution in [3.8, 4) is 0 Å². The Labute approximate surface area is 87.0 Å². The molecular formula is C4H11NO3Pr. The minimum atomic E-state index is -1.21. The van der Waals surface area contributed by atoms with Crippen LogP contribution in [0.5, 0.6) is 0 Å². The van der Waals surface area contributed by atoms with Crippen molar-refractivity contribution in [2.75, 3.05) is 19.8 Å². The van der Waals surface area contributed by atoms with Crippen molar-refractivity contribution in [2.24, 2.45) is 5.73 Å². The number of rotatable bonds is 3. The van der Waals surface area contributed by atoms with Gasteiger partial charge in [-0.25, -0.2) is 0 Å². The second kappa shape index (κ2) is 5.95. The number of hydrogen-bond donors (Lipinski definition) is 4. The molecule has 0 heterocycles. The summed E-state index contributed by atoms with van der Waals surface area (Å²) >= 11 is 0. The van der Waals surface area contributed by atoms with Crippen molar-refractivity contribution < 1.29 is 56.6 Å². The molecule has 0 aromatic heterocycles. The smallest absolute Gasteiger partial charge is 0.0856 e. The molecule has 0 rings (SSSR count). The molecule has 0 aliphatic carbocycles. The zero-order valence-electron chi connectivity index (χ0n) is 5.12. The summed E-state index contributed by atoms with van der Waals surface area (Å²) in [6.45, 7) is -1.21. The Bertz CT molecular complexity index is 58.6. The SMILES string of the molecule is NC(CO)(CO)CO.[Pr]. The van der Waals surface area contributed by atoms with E-state index in [1.165, 1.54) is 0 Å². The van der Waals surface area contributed by atoms with Crippen molar-refractivity contribution in [1.82, 2.24) is 0 Å². The molecular weight excluding hydrogens is 251 g/mol. The van der Waals surface area contributed by atoms with Gasteiger partial charge in [0.05, 0.1) is 25.4 Å². The van der Waals surface area contributed by atoms with Crippen molar-refractivity contribution in [3.63, 3.8) is 0 Å². The fourth-order valence-corrected chi connectivity index (χ4v) is 0.150. The Morgan fingerprint density at radius 2 is 1.22 bits per heavy atom. The van der Waals surface area contributed by atoms with E-state index in [0.717, 1.165) is 0 Å². The van der Waals surface area contributed by atoms with Crippen molar-refractivity contribution >= 4 is 0 Å². The quantitative estimate of drug-likeness (QED) is 0.459. The summed E-state index contributed by atoms with van der Waals surface area (Å²) in [5.41, 5.74) is 3.94. The van der Waals surface area contributed by atoms with Crippen LogP contribution < -0.4 is 5.73 Å². The van der Waals surface area contributed by atoms with Gasteiger partial charge in [-0.3, -0.25) is 0 Å². The first-order valence-corrected chi connectivity index (χ1v) is 2.30. The fraction of sp³-hybridized carbons (Fsp3) is 1.00. The summed E-state index contributed by atoms with van der Waals surface area (Å²) < 4.78 is 0. The van der Waals surface area contributed by atoms with E-state index in [1.807, 2.05) is 0 Å². The van der Waals surface area contributed by atoms with Gasteiger partial charge in [-0.2, -0.15) is 0 Å². The molecule has 1 radical (unpaired) electrons. The van der Waals surface area contributed by atoms with Crippen LogP contribution >= 0.6 is 0 Å². The third-order valence-corrected chi connectivity index (χ3v) is 0.945. The van der Waals surface area contributed by atoms with Crippen molar-refractivity contribution in [3.05, 3.63) is 0 Å². The van der Waals surface area contributed by atoms with E-state index in [2.05, 4.69) is 0 Å². The van der Waals surface area contributed by atoms with Crippen LogP contribution in [0.4, 0.5) is 0 Å². The molecule has 53 valence electrons. The van der Waals surface area contributed by atoms with Gasteiger partial charge in [0, 0.05) is 41.3 Å². The van der Waals surface area contributed by atoms with Crippen LogP contribution in [0.3, 0.4) is 0 Å². The number of hydrogen-bond acceptors (Lipinski definition) is 4. The van der Waals surface area contributed by atoms with Gasteiger partial charge in [0.1, 0.15) is 0 Å². The zero-order valence-corrected chi connectivity index (χ0v) is 8.82. The van der Waals surface area contributed by atoms with E-state index >= 15 is 0 Å². The molecule has 0 atom stereocenters. The predicted octanol–water partition coefficient (Wildman–Crippen LogP) is -2.34. The largest absolute Gasteiger partial charge is 0.394 e. The molecule has 0 aromatic rings. The van der Waals surface area contributed by atoms with Crippen LogP contribution in [-0.4, -0.2) is 40.7 Å². The van der Waals surface area contributed by atoms with Gasteiger partial charge in [0.25, 0.3) is 0 Å². The molecule has 0 fully saturated rings. The first-order chi connectivity index (χ1) is 3.68. The second-order valence-corrected chi connectivity index (χ2v) is 1.84.